The predicted molar refractivity (Wildman–Crippen MR) is 92.2 cm³/mol. The number of carbonyl (C=O) groups is 3. The number of Topliss-reactive ketones (excluding diaryl/α,β-unsaturated/α-hetero) is 1. The third kappa shape index (κ3) is 4.12. The first-order chi connectivity index (χ1) is 11.9. The van der Waals surface area contributed by atoms with Crippen LogP contribution in [0.25, 0.3) is 0 Å². The monoisotopic (exact) mass is 365 g/mol. The quantitative estimate of drug-likeness (QED) is 0.598. The lowest BCUT2D eigenvalue weighted by atomic mass is 10.1. The van der Waals surface area contributed by atoms with Crippen LogP contribution >= 0.6 is 11.3 Å². The Kier molecular flexibility index (Phi) is 6.05. The van der Waals surface area contributed by atoms with Crippen LogP contribution in [0.1, 0.15) is 49.9 Å². The second-order valence-electron chi connectivity index (χ2n) is 5.15. The highest BCUT2D eigenvalue weighted by atomic mass is 32.1. The fourth-order valence-electron chi connectivity index (χ4n) is 2.24. The van der Waals surface area contributed by atoms with Crippen molar-refractivity contribution in [1.82, 2.24) is 9.78 Å². The molecule has 0 aromatic carbocycles. The van der Waals surface area contributed by atoms with Gasteiger partial charge in [0.15, 0.2) is 11.5 Å². The average molecular weight is 365 g/mol. The normalized spacial score (nSPS) is 10.6. The third-order valence-corrected chi connectivity index (χ3v) is 4.62. The van der Waals surface area contributed by atoms with E-state index < -0.39 is 11.9 Å². The number of methoxy groups -OCH3 is 1. The molecule has 0 radical (unpaired) electrons. The molecule has 0 spiro atoms. The van der Waals surface area contributed by atoms with Gasteiger partial charge in [-0.2, -0.15) is 5.10 Å². The van der Waals surface area contributed by atoms with Crippen molar-refractivity contribution in [1.29, 1.82) is 0 Å². The minimum absolute atomic E-state index is 0.169. The number of hydrogen-bond acceptors (Lipinski definition) is 7. The smallest absolute Gasteiger partial charge is 0.341 e. The van der Waals surface area contributed by atoms with Crippen LogP contribution in [0.15, 0.2) is 12.3 Å². The number of anilines is 1. The van der Waals surface area contributed by atoms with Gasteiger partial charge in [-0.3, -0.25) is 9.59 Å². The molecule has 25 heavy (non-hydrogen) atoms. The Bertz CT molecular complexity index is 809. The molecule has 2 aromatic rings. The summed E-state index contributed by atoms with van der Waals surface area (Å²) in [4.78, 5) is 36.8. The molecule has 0 atom stereocenters. The number of aromatic nitrogens is 2. The zero-order valence-electron chi connectivity index (χ0n) is 14.4. The summed E-state index contributed by atoms with van der Waals surface area (Å²) < 4.78 is 11.4. The number of nitrogens with zero attached hydrogens (tertiary/aromatic N) is 2. The van der Waals surface area contributed by atoms with Crippen molar-refractivity contribution in [2.45, 2.75) is 27.5 Å². The van der Waals surface area contributed by atoms with Crippen LogP contribution < -0.4 is 5.32 Å². The molecule has 8 nitrogen and oxygen atoms in total. The van der Waals surface area contributed by atoms with Gasteiger partial charge in [-0.25, -0.2) is 9.48 Å². The maximum atomic E-state index is 12.4. The van der Waals surface area contributed by atoms with E-state index >= 15 is 0 Å². The molecule has 1 amide bonds. The average Bonchev–Trinajstić information content (AvgIpc) is 3.13. The molecular weight excluding hydrogens is 346 g/mol. The molecule has 2 heterocycles. The fourth-order valence-corrected chi connectivity index (χ4v) is 3.33. The van der Waals surface area contributed by atoms with Crippen molar-refractivity contribution in [2.75, 3.05) is 19.0 Å². The van der Waals surface area contributed by atoms with E-state index in [-0.39, 0.29) is 35.4 Å². The van der Waals surface area contributed by atoms with Crippen LogP contribution in [-0.4, -0.2) is 41.2 Å². The maximum absolute atomic E-state index is 12.4. The Labute approximate surface area is 148 Å². The SMILES string of the molecule is CCOC(=O)c1c(NC(=O)c2ccn(COC)n2)sc(C(C)=O)c1C. The van der Waals surface area contributed by atoms with Crippen molar-refractivity contribution in [3.63, 3.8) is 0 Å². The summed E-state index contributed by atoms with van der Waals surface area (Å²) in [6, 6.07) is 1.53. The molecule has 0 aliphatic heterocycles. The van der Waals surface area contributed by atoms with E-state index in [1.807, 2.05) is 0 Å². The highest BCUT2D eigenvalue weighted by molar-refractivity contribution is 7.18. The van der Waals surface area contributed by atoms with Crippen LogP contribution in [0.5, 0.6) is 0 Å². The topological polar surface area (TPSA) is 99.5 Å². The molecule has 0 aliphatic rings. The third-order valence-electron chi connectivity index (χ3n) is 3.31. The Morgan fingerprint density at radius 3 is 2.68 bits per heavy atom. The lowest BCUT2D eigenvalue weighted by Crippen LogP contribution is -2.16. The van der Waals surface area contributed by atoms with E-state index in [1.165, 1.54) is 24.8 Å². The molecule has 1 N–H and O–H groups in total. The Morgan fingerprint density at radius 2 is 2.08 bits per heavy atom. The van der Waals surface area contributed by atoms with Gasteiger partial charge in [-0.05, 0) is 32.4 Å². The van der Waals surface area contributed by atoms with Crippen molar-refractivity contribution < 1.29 is 23.9 Å². The Morgan fingerprint density at radius 1 is 1.36 bits per heavy atom. The molecule has 0 saturated heterocycles. The number of rotatable bonds is 7. The first-order valence-corrected chi connectivity index (χ1v) is 8.35. The van der Waals surface area contributed by atoms with Gasteiger partial charge in [0.25, 0.3) is 5.91 Å². The van der Waals surface area contributed by atoms with Gasteiger partial charge >= 0.3 is 5.97 Å². The number of nitrogens with one attached hydrogen (secondary N) is 1. The molecule has 0 saturated carbocycles. The van der Waals surface area contributed by atoms with E-state index in [9.17, 15) is 14.4 Å². The van der Waals surface area contributed by atoms with E-state index in [4.69, 9.17) is 9.47 Å². The van der Waals surface area contributed by atoms with Gasteiger partial charge in [0.2, 0.25) is 0 Å². The van der Waals surface area contributed by atoms with Crippen LogP contribution in [0, 0.1) is 6.92 Å². The lowest BCUT2D eigenvalue weighted by Gasteiger charge is -2.06. The summed E-state index contributed by atoms with van der Waals surface area (Å²) in [6.45, 7) is 5.16. The maximum Gasteiger partial charge on any atom is 0.341 e. The highest BCUT2D eigenvalue weighted by Gasteiger charge is 2.25. The largest absolute Gasteiger partial charge is 0.462 e. The van der Waals surface area contributed by atoms with Crippen LogP contribution in [0.2, 0.25) is 0 Å². The minimum Gasteiger partial charge on any atom is -0.462 e. The molecule has 134 valence electrons. The number of ketones is 1. The molecular formula is C16H19N3O5S. The second kappa shape index (κ2) is 8.04. The number of thiophene rings is 1. The predicted octanol–water partition coefficient (Wildman–Crippen LogP) is 2.49. The van der Waals surface area contributed by atoms with Gasteiger partial charge < -0.3 is 14.8 Å². The molecule has 2 aromatic heterocycles. The van der Waals surface area contributed by atoms with Crippen LogP contribution in [0.3, 0.4) is 0 Å². The van der Waals surface area contributed by atoms with Crippen molar-refractivity contribution >= 4 is 34.0 Å². The molecule has 2 rings (SSSR count). The number of ether oxygens (including phenoxy) is 2. The standard InChI is InChI=1S/C16H19N3O5S/c1-5-24-16(22)12-9(2)13(10(3)20)25-15(12)17-14(21)11-6-7-19(18-11)8-23-4/h6-7H,5,8H2,1-4H3,(H,17,21). The zero-order valence-corrected chi connectivity index (χ0v) is 15.2. The van der Waals surface area contributed by atoms with E-state index in [0.717, 1.165) is 11.3 Å². The number of amides is 1. The van der Waals surface area contributed by atoms with Gasteiger partial charge in [0.1, 0.15) is 11.7 Å². The second-order valence-corrected chi connectivity index (χ2v) is 6.17. The van der Waals surface area contributed by atoms with Gasteiger partial charge in [0, 0.05) is 13.3 Å². The summed E-state index contributed by atoms with van der Waals surface area (Å²) in [5.74, 6) is -1.25. The van der Waals surface area contributed by atoms with Gasteiger partial charge in [-0.15, -0.1) is 11.3 Å². The summed E-state index contributed by atoms with van der Waals surface area (Å²) in [5.41, 5.74) is 0.861. The summed E-state index contributed by atoms with van der Waals surface area (Å²) in [7, 11) is 1.52. The number of carbonyl (C=O) groups excluding carboxylic acids is 3. The molecule has 9 heteroatoms. The zero-order chi connectivity index (χ0) is 18.6. The Hall–Kier alpha value is -2.52. The molecule has 0 unspecified atom stereocenters. The number of hydrogen-bond donors (Lipinski definition) is 1. The Balaban J connectivity index is 2.33. The van der Waals surface area contributed by atoms with E-state index in [0.29, 0.717) is 10.4 Å². The first kappa shape index (κ1) is 18.8. The molecule has 0 fully saturated rings. The van der Waals surface area contributed by atoms with Gasteiger partial charge in [0.05, 0.1) is 17.0 Å². The summed E-state index contributed by atoms with van der Waals surface area (Å²) in [5, 5.41) is 6.99. The van der Waals surface area contributed by atoms with E-state index in [1.54, 1.807) is 20.0 Å². The van der Waals surface area contributed by atoms with Crippen molar-refractivity contribution in [3.8, 4) is 0 Å². The fraction of sp³-hybridized carbons (Fsp3) is 0.375. The molecule has 0 bridgehead atoms. The first-order valence-electron chi connectivity index (χ1n) is 7.54. The molecule has 0 aliphatic carbocycles. The highest BCUT2D eigenvalue weighted by Crippen LogP contribution is 2.34. The van der Waals surface area contributed by atoms with E-state index in [2.05, 4.69) is 10.4 Å². The van der Waals surface area contributed by atoms with Crippen LogP contribution in [-0.2, 0) is 16.2 Å². The van der Waals surface area contributed by atoms with Gasteiger partial charge in [-0.1, -0.05) is 0 Å². The lowest BCUT2D eigenvalue weighted by molar-refractivity contribution is 0.0527. The van der Waals surface area contributed by atoms with Crippen molar-refractivity contribution in [3.05, 3.63) is 34.0 Å². The van der Waals surface area contributed by atoms with Crippen LogP contribution in [0.4, 0.5) is 5.00 Å². The minimum atomic E-state index is -0.580. The van der Waals surface area contributed by atoms with Crippen molar-refractivity contribution in [2.24, 2.45) is 0 Å². The summed E-state index contributed by atoms with van der Waals surface area (Å²) >= 11 is 1.05. The summed E-state index contributed by atoms with van der Waals surface area (Å²) in [6.07, 6.45) is 1.60. The number of esters is 1.